The fourth-order valence-corrected chi connectivity index (χ4v) is 6.58. The molecule has 13 nitrogen and oxygen atoms in total. The number of furan rings is 1. The lowest BCUT2D eigenvalue weighted by Crippen LogP contribution is -2.37. The smallest absolute Gasteiger partial charge is 0.333 e. The van der Waals surface area contributed by atoms with E-state index < -0.39 is 24.0 Å². The molecular formula is C38H50N6O7. The molecule has 2 amide bonds. The first-order chi connectivity index (χ1) is 24.5. The minimum atomic E-state index is -0.821. The van der Waals surface area contributed by atoms with Crippen molar-refractivity contribution in [2.24, 2.45) is 0 Å². The van der Waals surface area contributed by atoms with Crippen molar-refractivity contribution in [2.45, 2.75) is 64.5 Å². The molecule has 2 N–H and O–H groups in total. The zero-order chi connectivity index (χ0) is 36.7. The Morgan fingerprint density at radius 1 is 0.667 bits per heavy atom. The van der Waals surface area contributed by atoms with Gasteiger partial charge in [0, 0.05) is 65.5 Å². The Labute approximate surface area is 299 Å². The first-order valence-electron chi connectivity index (χ1n) is 17.6. The lowest BCUT2D eigenvalue weighted by molar-refractivity contribution is -0.137. The summed E-state index contributed by atoms with van der Waals surface area (Å²) in [5.74, 6) is -0.239. The third-order valence-electron chi connectivity index (χ3n) is 9.49. The van der Waals surface area contributed by atoms with E-state index in [1.54, 1.807) is 26.4 Å². The van der Waals surface area contributed by atoms with Gasteiger partial charge in [0.05, 0.1) is 35.3 Å². The van der Waals surface area contributed by atoms with Crippen LogP contribution in [0.15, 0.2) is 41.2 Å². The third kappa shape index (κ3) is 8.41. The number of nitrogens with one attached hydrogen (secondary N) is 2. The number of hydrogen-bond donors (Lipinski definition) is 2. The minimum Gasteiger partial charge on any atom is -0.471 e. The number of carbonyl (C=O) groups is 4. The van der Waals surface area contributed by atoms with Crippen molar-refractivity contribution in [1.29, 1.82) is 0 Å². The van der Waals surface area contributed by atoms with Crippen LogP contribution < -0.4 is 39.7 Å². The van der Waals surface area contributed by atoms with Crippen LogP contribution in [0.3, 0.4) is 0 Å². The van der Waals surface area contributed by atoms with Crippen LogP contribution in [-0.2, 0) is 19.2 Å². The van der Waals surface area contributed by atoms with Gasteiger partial charge in [0.15, 0.2) is 11.5 Å². The molecule has 2 aliphatic heterocycles. The Balaban J connectivity index is 1.66. The monoisotopic (exact) mass is 702 g/mol. The Morgan fingerprint density at radius 2 is 1.04 bits per heavy atom. The van der Waals surface area contributed by atoms with Crippen molar-refractivity contribution in [3.8, 4) is 33.8 Å². The molecule has 3 aromatic rings. The van der Waals surface area contributed by atoms with Crippen LogP contribution in [0.4, 0.5) is 22.7 Å². The molecule has 2 aromatic carbocycles. The molecule has 51 heavy (non-hydrogen) atoms. The number of ether oxygens (including phenoxy) is 2. The molecule has 0 spiro atoms. The molecule has 13 heteroatoms. The van der Waals surface area contributed by atoms with Crippen LogP contribution in [-0.4, -0.2) is 91.2 Å². The van der Waals surface area contributed by atoms with Crippen molar-refractivity contribution < 1.29 is 33.1 Å². The normalized spacial score (nSPS) is 15.7. The zero-order valence-corrected chi connectivity index (χ0v) is 30.5. The first kappa shape index (κ1) is 37.1. The van der Waals surface area contributed by atoms with Gasteiger partial charge >= 0.3 is 11.9 Å². The van der Waals surface area contributed by atoms with Crippen LogP contribution in [0.5, 0.6) is 11.5 Å². The Bertz CT molecular complexity index is 1590. The number of anilines is 4. The molecule has 3 heterocycles. The highest BCUT2D eigenvalue weighted by Gasteiger charge is 2.29. The maximum absolute atomic E-state index is 13.1. The van der Waals surface area contributed by atoms with Crippen molar-refractivity contribution in [1.82, 2.24) is 10.6 Å². The molecule has 2 aliphatic rings. The molecule has 0 aliphatic carbocycles. The fraction of sp³-hybridized carbons (Fsp3) is 0.474. The maximum Gasteiger partial charge on any atom is 0.333 e. The lowest BCUT2D eigenvalue weighted by Gasteiger charge is -2.33. The van der Waals surface area contributed by atoms with E-state index in [0.29, 0.717) is 35.7 Å². The van der Waals surface area contributed by atoms with Crippen LogP contribution in [0.25, 0.3) is 22.3 Å². The Hall–Kier alpha value is -5.20. The quantitative estimate of drug-likeness (QED) is 0.136. The molecule has 2 fully saturated rings. The summed E-state index contributed by atoms with van der Waals surface area (Å²) in [7, 11) is 7.61. The molecule has 0 radical (unpaired) electrons. The van der Waals surface area contributed by atoms with Gasteiger partial charge in [-0.1, -0.05) is 0 Å². The largest absolute Gasteiger partial charge is 0.471 e. The summed E-state index contributed by atoms with van der Waals surface area (Å²) in [6.45, 7) is 6.44. The van der Waals surface area contributed by atoms with Gasteiger partial charge in [0.2, 0.25) is 12.8 Å². The van der Waals surface area contributed by atoms with Gasteiger partial charge in [-0.15, -0.1) is 0 Å². The van der Waals surface area contributed by atoms with Gasteiger partial charge in [-0.3, -0.25) is 9.59 Å². The number of carbonyl (C=O) groups excluding carboxylic acids is 4. The van der Waals surface area contributed by atoms with Gasteiger partial charge < -0.3 is 44.1 Å². The van der Waals surface area contributed by atoms with Crippen molar-refractivity contribution in [3.63, 3.8) is 0 Å². The van der Waals surface area contributed by atoms with E-state index in [9.17, 15) is 19.2 Å². The number of amides is 2. The molecule has 2 atom stereocenters. The minimum absolute atomic E-state index is 0.437. The number of hydrogen-bond acceptors (Lipinski definition) is 11. The van der Waals surface area contributed by atoms with Crippen molar-refractivity contribution >= 4 is 47.5 Å². The van der Waals surface area contributed by atoms with Gasteiger partial charge in [0.1, 0.15) is 12.1 Å². The third-order valence-corrected chi connectivity index (χ3v) is 9.49. The summed E-state index contributed by atoms with van der Waals surface area (Å²) >= 11 is 0. The number of piperidine rings is 2. The van der Waals surface area contributed by atoms with Crippen LogP contribution >= 0.6 is 0 Å². The summed E-state index contributed by atoms with van der Waals surface area (Å²) in [5.41, 5.74) is 6.41. The van der Waals surface area contributed by atoms with E-state index in [1.165, 1.54) is 0 Å². The Kier molecular flexibility index (Phi) is 12.1. The number of rotatable bonds is 14. The van der Waals surface area contributed by atoms with E-state index in [-0.39, 0.29) is 0 Å². The lowest BCUT2D eigenvalue weighted by atomic mass is 9.95. The molecule has 1 aromatic heterocycles. The van der Waals surface area contributed by atoms with Gasteiger partial charge in [-0.25, -0.2) is 9.59 Å². The second-order valence-corrected chi connectivity index (χ2v) is 13.6. The van der Waals surface area contributed by atoms with E-state index >= 15 is 0 Å². The average Bonchev–Trinajstić information content (AvgIpc) is 3.62. The van der Waals surface area contributed by atoms with Crippen LogP contribution in [0, 0.1) is 0 Å². The SMILES string of the molecule is C[C@@H](NC=O)C(=O)Oc1c(N(C)C)cc(-c2cocc2-c2cc(N(C)C)c(OC(=O)[C@@H](C)NC=O)c(N3CCCCC3)c2)cc1N1CCCCC1. The van der Waals surface area contributed by atoms with E-state index in [0.717, 1.165) is 98.3 Å². The van der Waals surface area contributed by atoms with E-state index in [2.05, 4.69) is 20.4 Å². The van der Waals surface area contributed by atoms with E-state index in [1.807, 2.05) is 62.3 Å². The molecule has 0 saturated carbocycles. The highest BCUT2D eigenvalue weighted by Crippen LogP contribution is 2.48. The van der Waals surface area contributed by atoms with Crippen LogP contribution in [0.1, 0.15) is 52.4 Å². The second kappa shape index (κ2) is 16.7. The van der Waals surface area contributed by atoms with Gasteiger partial charge in [-0.05, 0) is 87.8 Å². The molecule has 0 bridgehead atoms. The number of nitrogens with zero attached hydrogens (tertiary/aromatic N) is 4. The molecule has 0 unspecified atom stereocenters. The summed E-state index contributed by atoms with van der Waals surface area (Å²) in [4.78, 5) is 56.8. The summed E-state index contributed by atoms with van der Waals surface area (Å²) in [5, 5.41) is 4.98. The topological polar surface area (TPSA) is 137 Å². The summed E-state index contributed by atoms with van der Waals surface area (Å²) in [6, 6.07) is 6.42. The molecular weight excluding hydrogens is 652 g/mol. The number of benzene rings is 2. The standard InChI is InChI=1S/C38H50N6O7/c1-25(39-23-45)37(47)50-35-31(41(3)4)17-27(19-33(35)43-13-9-7-10-14-43)29-21-49-22-30(29)28-18-32(42(5)6)36(51-38(48)26(2)40-24-46)34(20-28)44-15-11-8-12-16-44/h17-26H,7-16H2,1-6H3,(H,39,45)(H,40,46)/t25-,26-/m1/s1. The van der Waals surface area contributed by atoms with Gasteiger partial charge in [-0.2, -0.15) is 0 Å². The molecule has 2 saturated heterocycles. The first-order valence-corrected chi connectivity index (χ1v) is 17.6. The summed E-state index contributed by atoms with van der Waals surface area (Å²) in [6.07, 6.45) is 10.8. The highest BCUT2D eigenvalue weighted by molar-refractivity contribution is 5.94. The maximum atomic E-state index is 13.1. The highest BCUT2D eigenvalue weighted by atomic mass is 16.5. The molecule has 5 rings (SSSR count). The predicted molar refractivity (Wildman–Crippen MR) is 199 cm³/mol. The molecule has 274 valence electrons. The van der Waals surface area contributed by atoms with Gasteiger partial charge in [0.25, 0.3) is 0 Å². The summed E-state index contributed by atoms with van der Waals surface area (Å²) < 4.78 is 18.0. The Morgan fingerprint density at radius 3 is 1.37 bits per heavy atom. The van der Waals surface area contributed by atoms with Crippen molar-refractivity contribution in [2.75, 3.05) is 74.0 Å². The second-order valence-electron chi connectivity index (χ2n) is 13.6. The number of esters is 2. The van der Waals surface area contributed by atoms with Crippen molar-refractivity contribution in [3.05, 3.63) is 36.8 Å². The zero-order valence-electron chi connectivity index (χ0n) is 30.5. The van der Waals surface area contributed by atoms with Crippen LogP contribution in [0.2, 0.25) is 0 Å². The van der Waals surface area contributed by atoms with E-state index in [4.69, 9.17) is 13.9 Å². The fourth-order valence-electron chi connectivity index (χ4n) is 6.58. The predicted octanol–water partition coefficient (Wildman–Crippen LogP) is 4.81. The average molecular weight is 703 g/mol.